The van der Waals surface area contributed by atoms with Gasteiger partial charge in [-0.05, 0) is 31.9 Å². The minimum absolute atomic E-state index is 0.0414. The van der Waals surface area contributed by atoms with Crippen molar-refractivity contribution in [2.24, 2.45) is 5.41 Å². The number of Topliss-reactive ketones (excluding diaryl/α,β-unsaturated/α-hetero) is 1. The monoisotopic (exact) mass is 303 g/mol. The molecule has 1 amide bonds. The second-order valence-corrected chi connectivity index (χ2v) is 6.32. The summed E-state index contributed by atoms with van der Waals surface area (Å²) in [7, 11) is 0. The molecule has 1 aliphatic heterocycles. The second kappa shape index (κ2) is 5.48. The molecule has 0 aromatic heterocycles. The first-order valence-corrected chi connectivity index (χ1v) is 7.69. The molecule has 1 aromatic carbocycles. The first-order valence-electron chi connectivity index (χ1n) is 7.69. The molecule has 5 nitrogen and oxygen atoms in total. The van der Waals surface area contributed by atoms with E-state index in [4.69, 9.17) is 4.74 Å². The number of ketones is 1. The second-order valence-electron chi connectivity index (χ2n) is 6.32. The summed E-state index contributed by atoms with van der Waals surface area (Å²) in [5, 5.41) is 13.7. The highest BCUT2D eigenvalue weighted by molar-refractivity contribution is 6.00. The lowest BCUT2D eigenvalue weighted by Crippen LogP contribution is -2.50. The summed E-state index contributed by atoms with van der Waals surface area (Å²) in [6, 6.07) is 6.89. The Morgan fingerprint density at radius 2 is 1.86 bits per heavy atom. The normalized spacial score (nSPS) is 21.9. The molecule has 0 spiro atoms. The predicted molar refractivity (Wildman–Crippen MR) is 81.7 cm³/mol. The number of hydrogen-bond acceptors (Lipinski definition) is 4. The molecule has 118 valence electrons. The number of nitrogens with one attached hydrogen (secondary N) is 1. The molecule has 1 heterocycles. The van der Waals surface area contributed by atoms with Gasteiger partial charge in [-0.1, -0.05) is 12.1 Å². The molecule has 0 radical (unpaired) electrons. The van der Waals surface area contributed by atoms with E-state index >= 15 is 0 Å². The van der Waals surface area contributed by atoms with Crippen molar-refractivity contribution in [3.8, 4) is 0 Å². The van der Waals surface area contributed by atoms with Gasteiger partial charge in [0, 0.05) is 37.3 Å². The van der Waals surface area contributed by atoms with Gasteiger partial charge < -0.3 is 15.2 Å². The Morgan fingerprint density at radius 3 is 2.45 bits per heavy atom. The molecule has 1 saturated carbocycles. The van der Waals surface area contributed by atoms with E-state index in [2.05, 4.69) is 5.32 Å². The van der Waals surface area contributed by atoms with Gasteiger partial charge in [0.2, 0.25) is 5.91 Å². The van der Waals surface area contributed by atoms with Crippen LogP contribution in [0.4, 0.5) is 5.69 Å². The van der Waals surface area contributed by atoms with Gasteiger partial charge in [0.1, 0.15) is 0 Å². The van der Waals surface area contributed by atoms with Gasteiger partial charge in [0.15, 0.2) is 5.78 Å². The van der Waals surface area contributed by atoms with Crippen LogP contribution in [0.25, 0.3) is 0 Å². The third-order valence-electron chi connectivity index (χ3n) is 4.92. The molecule has 1 aliphatic carbocycles. The van der Waals surface area contributed by atoms with Crippen molar-refractivity contribution in [3.63, 3.8) is 0 Å². The zero-order valence-corrected chi connectivity index (χ0v) is 12.7. The quantitative estimate of drug-likeness (QED) is 0.836. The summed E-state index contributed by atoms with van der Waals surface area (Å²) in [5.41, 5.74) is -0.525. The van der Waals surface area contributed by atoms with Crippen LogP contribution in [0.3, 0.4) is 0 Å². The van der Waals surface area contributed by atoms with Crippen LogP contribution in [-0.2, 0) is 9.53 Å². The fourth-order valence-corrected chi connectivity index (χ4v) is 3.28. The van der Waals surface area contributed by atoms with Crippen LogP contribution in [0.1, 0.15) is 43.0 Å². The third-order valence-corrected chi connectivity index (χ3v) is 4.92. The molecule has 0 atom stereocenters. The van der Waals surface area contributed by atoms with Crippen molar-refractivity contribution < 1.29 is 19.4 Å². The predicted octanol–water partition coefficient (Wildman–Crippen LogP) is 2.15. The zero-order chi connectivity index (χ0) is 15.8. The van der Waals surface area contributed by atoms with E-state index in [9.17, 15) is 14.7 Å². The van der Waals surface area contributed by atoms with E-state index in [1.165, 1.54) is 6.92 Å². The Bertz CT molecular complexity index is 600. The van der Waals surface area contributed by atoms with Gasteiger partial charge in [0.05, 0.1) is 11.0 Å². The molecular weight excluding hydrogens is 282 g/mol. The summed E-state index contributed by atoms with van der Waals surface area (Å²) >= 11 is 0. The van der Waals surface area contributed by atoms with Crippen LogP contribution in [0.5, 0.6) is 0 Å². The first-order chi connectivity index (χ1) is 10.5. The summed E-state index contributed by atoms with van der Waals surface area (Å²) in [6.07, 6.45) is 2.38. The lowest BCUT2D eigenvalue weighted by atomic mass is 9.77. The van der Waals surface area contributed by atoms with Crippen molar-refractivity contribution in [2.75, 3.05) is 18.5 Å². The van der Waals surface area contributed by atoms with Crippen LogP contribution in [-0.4, -0.2) is 35.6 Å². The number of hydrogen-bond donors (Lipinski definition) is 2. The van der Waals surface area contributed by atoms with E-state index in [-0.39, 0.29) is 11.7 Å². The fraction of sp³-hybridized carbons (Fsp3) is 0.529. The molecule has 5 heteroatoms. The molecule has 2 aliphatic rings. The van der Waals surface area contributed by atoms with Crippen molar-refractivity contribution in [3.05, 3.63) is 29.8 Å². The summed E-state index contributed by atoms with van der Waals surface area (Å²) in [5.74, 6) is -0.196. The Kier molecular flexibility index (Phi) is 3.78. The molecule has 1 saturated heterocycles. The van der Waals surface area contributed by atoms with Crippen molar-refractivity contribution in [1.82, 2.24) is 0 Å². The largest absolute Gasteiger partial charge is 0.389 e. The fourth-order valence-electron chi connectivity index (χ4n) is 3.28. The Hall–Kier alpha value is -1.72. The van der Waals surface area contributed by atoms with Crippen LogP contribution >= 0.6 is 0 Å². The van der Waals surface area contributed by atoms with Crippen LogP contribution in [0.2, 0.25) is 0 Å². The number of carbonyl (C=O) groups excluding carboxylic acids is 2. The number of anilines is 1. The lowest BCUT2D eigenvalue weighted by Gasteiger charge is -2.38. The number of aliphatic hydroxyl groups is 1. The zero-order valence-electron chi connectivity index (χ0n) is 12.7. The first kappa shape index (κ1) is 15.2. The highest BCUT2D eigenvalue weighted by Crippen LogP contribution is 2.58. The minimum atomic E-state index is -0.979. The SMILES string of the molecule is CC(=O)c1cccc(NC(=O)C2(C3(O)CCOCC3)CC2)c1. The Morgan fingerprint density at radius 1 is 1.18 bits per heavy atom. The smallest absolute Gasteiger partial charge is 0.233 e. The van der Waals surface area contributed by atoms with Gasteiger partial charge in [-0.15, -0.1) is 0 Å². The average Bonchev–Trinajstić information content (AvgIpc) is 3.30. The number of rotatable bonds is 4. The summed E-state index contributed by atoms with van der Waals surface area (Å²) in [4.78, 5) is 24.1. The Balaban J connectivity index is 1.77. The van der Waals surface area contributed by atoms with Gasteiger partial charge in [-0.3, -0.25) is 9.59 Å². The number of amides is 1. The maximum absolute atomic E-state index is 12.7. The molecule has 2 N–H and O–H groups in total. The summed E-state index contributed by atoms with van der Waals surface area (Å²) < 4.78 is 5.30. The number of ether oxygens (including phenoxy) is 1. The standard InChI is InChI=1S/C17H21NO4/c1-12(19)13-3-2-4-14(11-13)18-15(20)16(5-6-16)17(21)7-9-22-10-8-17/h2-4,11,21H,5-10H2,1H3,(H,18,20). The molecule has 2 fully saturated rings. The molecule has 22 heavy (non-hydrogen) atoms. The van der Waals surface area contributed by atoms with Crippen molar-refractivity contribution in [1.29, 1.82) is 0 Å². The molecule has 0 bridgehead atoms. The Labute approximate surface area is 129 Å². The van der Waals surface area contributed by atoms with Crippen LogP contribution in [0.15, 0.2) is 24.3 Å². The van der Waals surface area contributed by atoms with Crippen molar-refractivity contribution in [2.45, 2.75) is 38.2 Å². The molecular formula is C17H21NO4. The molecule has 3 rings (SSSR count). The summed E-state index contributed by atoms with van der Waals surface area (Å²) in [6.45, 7) is 2.48. The van der Waals surface area contributed by atoms with Crippen LogP contribution in [0, 0.1) is 5.41 Å². The number of carbonyl (C=O) groups is 2. The van der Waals surface area contributed by atoms with E-state index in [0.717, 1.165) is 0 Å². The highest BCUT2D eigenvalue weighted by Gasteiger charge is 2.63. The van der Waals surface area contributed by atoms with E-state index < -0.39 is 11.0 Å². The molecule has 0 unspecified atom stereocenters. The number of benzene rings is 1. The van der Waals surface area contributed by atoms with Gasteiger partial charge >= 0.3 is 0 Å². The minimum Gasteiger partial charge on any atom is -0.389 e. The average molecular weight is 303 g/mol. The van der Waals surface area contributed by atoms with Gasteiger partial charge in [-0.2, -0.15) is 0 Å². The lowest BCUT2D eigenvalue weighted by molar-refractivity contribution is -0.144. The van der Waals surface area contributed by atoms with E-state index in [0.29, 0.717) is 50.1 Å². The highest BCUT2D eigenvalue weighted by atomic mass is 16.5. The maximum Gasteiger partial charge on any atom is 0.233 e. The maximum atomic E-state index is 12.7. The van der Waals surface area contributed by atoms with Gasteiger partial charge in [0.25, 0.3) is 0 Å². The third kappa shape index (κ3) is 2.55. The van der Waals surface area contributed by atoms with Crippen LogP contribution < -0.4 is 5.32 Å². The van der Waals surface area contributed by atoms with Gasteiger partial charge in [-0.25, -0.2) is 0 Å². The molecule has 1 aromatic rings. The van der Waals surface area contributed by atoms with E-state index in [1.54, 1.807) is 24.3 Å². The van der Waals surface area contributed by atoms with Crippen molar-refractivity contribution >= 4 is 17.4 Å². The van der Waals surface area contributed by atoms with E-state index in [1.807, 2.05) is 0 Å². The topological polar surface area (TPSA) is 75.6 Å².